The van der Waals surface area contributed by atoms with Crippen molar-refractivity contribution in [3.05, 3.63) is 206 Å². The van der Waals surface area contributed by atoms with E-state index in [0.29, 0.717) is 0 Å². The lowest BCUT2D eigenvalue weighted by Crippen LogP contribution is -1.94. The number of fused-ring (bicyclic) bond motifs is 10. The number of methoxy groups -OCH3 is 4. The SMILES string of the molecule is COc1ccccc1-c1cc2c3cc(-c4ccc5c(-c6ccccc6OC)cc6c7ccccc7c(-c7ccccc7OC)cc6c5c4)ccc3c(-c3ccccc3OC)cc2c2ccccc12. The highest BCUT2D eigenvalue weighted by atomic mass is 16.5. The molecule has 0 spiro atoms. The molecular formula is C64H46O4. The second-order valence-corrected chi connectivity index (χ2v) is 17.3. The van der Waals surface area contributed by atoms with Crippen molar-refractivity contribution in [1.29, 1.82) is 0 Å². The highest BCUT2D eigenvalue weighted by molar-refractivity contribution is 6.26. The van der Waals surface area contributed by atoms with Crippen LogP contribution in [0.5, 0.6) is 23.0 Å². The van der Waals surface area contributed by atoms with Crippen molar-refractivity contribution in [2.24, 2.45) is 0 Å². The van der Waals surface area contributed by atoms with Crippen molar-refractivity contribution >= 4 is 64.6 Å². The fraction of sp³-hybridized carbons (Fsp3) is 0.0625. The second-order valence-electron chi connectivity index (χ2n) is 17.3. The van der Waals surface area contributed by atoms with Gasteiger partial charge in [0.15, 0.2) is 0 Å². The maximum atomic E-state index is 6.02. The molecule has 0 heterocycles. The molecule has 12 rings (SSSR count). The van der Waals surface area contributed by atoms with E-state index in [1.165, 1.54) is 32.3 Å². The van der Waals surface area contributed by atoms with Crippen molar-refractivity contribution in [2.75, 3.05) is 28.4 Å². The first-order chi connectivity index (χ1) is 33.6. The molecule has 0 saturated heterocycles. The number of para-hydroxylation sites is 4. The molecule has 326 valence electrons. The molecule has 0 radical (unpaired) electrons. The maximum Gasteiger partial charge on any atom is 0.126 e. The first-order valence-electron chi connectivity index (χ1n) is 22.9. The smallest absolute Gasteiger partial charge is 0.126 e. The first-order valence-corrected chi connectivity index (χ1v) is 22.9. The number of benzene rings is 12. The van der Waals surface area contributed by atoms with E-state index < -0.39 is 0 Å². The van der Waals surface area contributed by atoms with Gasteiger partial charge in [-0.3, -0.25) is 0 Å². The van der Waals surface area contributed by atoms with Crippen LogP contribution in [0.3, 0.4) is 0 Å². The zero-order chi connectivity index (χ0) is 45.9. The fourth-order valence-corrected chi connectivity index (χ4v) is 10.7. The molecule has 12 aromatic carbocycles. The summed E-state index contributed by atoms with van der Waals surface area (Å²) in [4.78, 5) is 0. The largest absolute Gasteiger partial charge is 0.496 e. The van der Waals surface area contributed by atoms with E-state index in [1.54, 1.807) is 28.4 Å². The third-order valence-corrected chi connectivity index (χ3v) is 13.9. The summed E-state index contributed by atoms with van der Waals surface area (Å²) >= 11 is 0. The predicted molar refractivity (Wildman–Crippen MR) is 285 cm³/mol. The summed E-state index contributed by atoms with van der Waals surface area (Å²) in [7, 11) is 6.99. The predicted octanol–water partition coefficient (Wildman–Crippen LogP) is 17.0. The van der Waals surface area contributed by atoms with Gasteiger partial charge in [0.1, 0.15) is 23.0 Å². The molecule has 0 unspecified atom stereocenters. The van der Waals surface area contributed by atoms with E-state index in [1.807, 2.05) is 48.5 Å². The number of ether oxygens (including phenoxy) is 4. The zero-order valence-corrected chi connectivity index (χ0v) is 38.3. The molecule has 0 aliphatic rings. The number of rotatable bonds is 9. The Morgan fingerprint density at radius 2 is 0.426 bits per heavy atom. The topological polar surface area (TPSA) is 36.9 Å². The van der Waals surface area contributed by atoms with Gasteiger partial charge in [-0.1, -0.05) is 146 Å². The van der Waals surface area contributed by atoms with Gasteiger partial charge in [0, 0.05) is 22.3 Å². The Balaban J connectivity index is 1.19. The quantitative estimate of drug-likeness (QED) is 0.135. The Hall–Kier alpha value is -8.60. The minimum atomic E-state index is 0.833. The molecule has 0 aliphatic carbocycles. The van der Waals surface area contributed by atoms with Crippen LogP contribution in [0, 0.1) is 0 Å². The molecule has 0 atom stereocenters. The molecule has 0 aromatic heterocycles. The highest BCUT2D eigenvalue weighted by Gasteiger charge is 2.21. The molecule has 4 nitrogen and oxygen atoms in total. The maximum absolute atomic E-state index is 6.02. The van der Waals surface area contributed by atoms with Crippen molar-refractivity contribution in [1.82, 2.24) is 0 Å². The molecule has 68 heavy (non-hydrogen) atoms. The van der Waals surface area contributed by atoms with Crippen LogP contribution in [0.2, 0.25) is 0 Å². The minimum absolute atomic E-state index is 0.833. The standard InChI is InChI=1S/C64H46O4/c1-65-61-25-13-9-21-47(61)53-37-59-51-33-39(29-31-45(51)55(49-23-11-15-27-63(49)67-3)35-57(59)43-19-7-5-17-41(43)53)40-30-32-46-52(34-40)60-38-54(48-22-10-14-26-62(48)66-2)42-18-6-8-20-44(42)58(60)36-56(46)50-24-12-16-28-64(50)68-4/h5-38H,1-4H3. The number of hydrogen-bond donors (Lipinski definition) is 0. The van der Waals surface area contributed by atoms with Crippen molar-refractivity contribution < 1.29 is 18.9 Å². The van der Waals surface area contributed by atoms with Gasteiger partial charge >= 0.3 is 0 Å². The summed E-state index contributed by atoms with van der Waals surface area (Å²) in [5.74, 6) is 3.34. The van der Waals surface area contributed by atoms with Gasteiger partial charge in [-0.2, -0.15) is 0 Å². The van der Waals surface area contributed by atoms with Gasteiger partial charge in [0.25, 0.3) is 0 Å². The van der Waals surface area contributed by atoms with Crippen LogP contribution < -0.4 is 18.9 Å². The van der Waals surface area contributed by atoms with Gasteiger partial charge in [0.2, 0.25) is 0 Å². The summed E-state index contributed by atoms with van der Waals surface area (Å²) < 4.78 is 24.0. The monoisotopic (exact) mass is 878 g/mol. The van der Waals surface area contributed by atoms with Crippen molar-refractivity contribution in [3.63, 3.8) is 0 Å². The van der Waals surface area contributed by atoms with E-state index in [4.69, 9.17) is 18.9 Å². The Kier molecular flexibility index (Phi) is 10.0. The molecule has 0 amide bonds. The molecule has 0 fully saturated rings. The average molecular weight is 879 g/mol. The van der Waals surface area contributed by atoms with Gasteiger partial charge in [-0.15, -0.1) is 0 Å². The van der Waals surface area contributed by atoms with Crippen LogP contribution in [0.4, 0.5) is 0 Å². The van der Waals surface area contributed by atoms with Gasteiger partial charge < -0.3 is 18.9 Å². The summed E-state index contributed by atoms with van der Waals surface area (Å²) in [5, 5.41) is 13.9. The molecule has 0 bridgehead atoms. The van der Waals surface area contributed by atoms with Crippen molar-refractivity contribution in [3.8, 4) is 78.6 Å². The van der Waals surface area contributed by atoms with E-state index >= 15 is 0 Å². The average Bonchev–Trinajstić information content (AvgIpc) is 3.41. The second kappa shape index (κ2) is 16.7. The molecular weight excluding hydrogens is 833 g/mol. The first kappa shape index (κ1) is 40.9. The van der Waals surface area contributed by atoms with E-state index in [-0.39, 0.29) is 0 Å². The third kappa shape index (κ3) is 6.52. The normalized spacial score (nSPS) is 11.5. The lowest BCUT2D eigenvalue weighted by molar-refractivity contribution is 0.416. The van der Waals surface area contributed by atoms with Crippen LogP contribution >= 0.6 is 0 Å². The summed E-state index contributed by atoms with van der Waals surface area (Å²) in [5.41, 5.74) is 10.9. The van der Waals surface area contributed by atoms with E-state index in [0.717, 1.165) is 111 Å². The van der Waals surface area contributed by atoms with Gasteiger partial charge in [-0.25, -0.2) is 0 Å². The van der Waals surface area contributed by atoms with Crippen LogP contribution in [0.15, 0.2) is 206 Å². The molecule has 12 aromatic rings. The van der Waals surface area contributed by atoms with Crippen LogP contribution in [-0.4, -0.2) is 28.4 Å². The Morgan fingerprint density at radius 1 is 0.191 bits per heavy atom. The van der Waals surface area contributed by atoms with Gasteiger partial charge in [0.05, 0.1) is 28.4 Å². The Labute approximate surface area is 395 Å². The highest BCUT2D eigenvalue weighted by Crippen LogP contribution is 2.48. The van der Waals surface area contributed by atoms with Crippen LogP contribution in [0.1, 0.15) is 0 Å². The minimum Gasteiger partial charge on any atom is -0.496 e. The third-order valence-electron chi connectivity index (χ3n) is 13.9. The Morgan fingerprint density at radius 3 is 0.735 bits per heavy atom. The summed E-state index contributed by atoms with van der Waals surface area (Å²) in [6.07, 6.45) is 0. The van der Waals surface area contributed by atoms with E-state index in [2.05, 4.69) is 158 Å². The van der Waals surface area contributed by atoms with Gasteiger partial charge in [-0.05, 0) is 159 Å². The van der Waals surface area contributed by atoms with E-state index in [9.17, 15) is 0 Å². The molecule has 0 N–H and O–H groups in total. The van der Waals surface area contributed by atoms with Crippen LogP contribution in [0.25, 0.3) is 120 Å². The molecule has 0 saturated carbocycles. The lowest BCUT2D eigenvalue weighted by Gasteiger charge is -2.19. The Bertz CT molecular complexity index is 3720. The lowest BCUT2D eigenvalue weighted by atomic mass is 9.85. The van der Waals surface area contributed by atoms with Crippen LogP contribution in [-0.2, 0) is 0 Å². The fourth-order valence-electron chi connectivity index (χ4n) is 10.7. The zero-order valence-electron chi connectivity index (χ0n) is 38.3. The van der Waals surface area contributed by atoms with Crippen molar-refractivity contribution in [2.45, 2.75) is 0 Å². The summed E-state index contributed by atoms with van der Waals surface area (Å²) in [6, 6.07) is 74.1. The molecule has 0 aliphatic heterocycles. The summed E-state index contributed by atoms with van der Waals surface area (Å²) in [6.45, 7) is 0. The number of hydrogen-bond acceptors (Lipinski definition) is 4. The molecule has 4 heteroatoms.